The average molecular weight is 219 g/mol. The normalized spacial score (nSPS) is 18.3. The molecule has 0 spiro atoms. The first-order valence-corrected chi connectivity index (χ1v) is 5.55. The molecular weight excluding hydrogens is 202 g/mol. The molecule has 0 radical (unpaired) electrons. The minimum absolute atomic E-state index is 0.0150. The van der Waals surface area contributed by atoms with Crippen LogP contribution in [0.5, 0.6) is 5.75 Å². The molecule has 1 amide bonds. The first-order valence-electron chi connectivity index (χ1n) is 5.55. The largest absolute Gasteiger partial charge is 0.476 e. The SMILES string of the molecule is CC(C)N1C(=O)C(C)(C)Oc2ccccc21. The van der Waals surface area contributed by atoms with Crippen LogP contribution in [0.1, 0.15) is 27.7 Å². The Morgan fingerprint density at radius 2 is 1.88 bits per heavy atom. The summed E-state index contributed by atoms with van der Waals surface area (Å²) in [4.78, 5) is 14.1. The fourth-order valence-corrected chi connectivity index (χ4v) is 1.97. The molecule has 0 unspecified atom stereocenters. The number of carbonyl (C=O) groups excluding carboxylic acids is 1. The molecule has 0 saturated carbocycles. The van der Waals surface area contributed by atoms with Gasteiger partial charge in [0.15, 0.2) is 5.60 Å². The summed E-state index contributed by atoms with van der Waals surface area (Å²) in [6.45, 7) is 7.63. The zero-order valence-corrected chi connectivity index (χ0v) is 10.2. The summed E-state index contributed by atoms with van der Waals surface area (Å²) < 4.78 is 5.72. The first-order chi connectivity index (χ1) is 7.43. The number of para-hydroxylation sites is 2. The van der Waals surface area contributed by atoms with E-state index < -0.39 is 5.60 Å². The smallest absolute Gasteiger partial charge is 0.270 e. The van der Waals surface area contributed by atoms with Gasteiger partial charge in [-0.1, -0.05) is 12.1 Å². The third-order valence-corrected chi connectivity index (χ3v) is 2.74. The van der Waals surface area contributed by atoms with Crippen LogP contribution in [0.2, 0.25) is 0 Å². The number of amides is 1. The van der Waals surface area contributed by atoms with Crippen molar-refractivity contribution in [3.8, 4) is 5.75 Å². The van der Waals surface area contributed by atoms with Gasteiger partial charge in [-0.2, -0.15) is 0 Å². The monoisotopic (exact) mass is 219 g/mol. The van der Waals surface area contributed by atoms with E-state index in [-0.39, 0.29) is 11.9 Å². The van der Waals surface area contributed by atoms with E-state index in [1.807, 2.05) is 38.1 Å². The maximum absolute atomic E-state index is 12.3. The van der Waals surface area contributed by atoms with Crippen LogP contribution in [0, 0.1) is 0 Å². The Morgan fingerprint density at radius 1 is 1.25 bits per heavy atom. The number of carbonyl (C=O) groups is 1. The molecule has 1 aromatic carbocycles. The van der Waals surface area contributed by atoms with Gasteiger partial charge in [-0.3, -0.25) is 4.79 Å². The van der Waals surface area contributed by atoms with Gasteiger partial charge in [-0.25, -0.2) is 0 Å². The summed E-state index contributed by atoms with van der Waals surface area (Å²) in [5, 5.41) is 0. The molecule has 1 aliphatic heterocycles. The lowest BCUT2D eigenvalue weighted by molar-refractivity contribution is -0.133. The fraction of sp³-hybridized carbons (Fsp3) is 0.462. The maximum atomic E-state index is 12.3. The highest BCUT2D eigenvalue weighted by atomic mass is 16.5. The van der Waals surface area contributed by atoms with Gasteiger partial charge in [0.2, 0.25) is 0 Å². The van der Waals surface area contributed by atoms with Crippen molar-refractivity contribution in [2.45, 2.75) is 39.3 Å². The van der Waals surface area contributed by atoms with Gasteiger partial charge in [0.1, 0.15) is 5.75 Å². The molecule has 0 atom stereocenters. The van der Waals surface area contributed by atoms with Gasteiger partial charge >= 0.3 is 0 Å². The Bertz CT molecular complexity index is 424. The Kier molecular flexibility index (Phi) is 2.41. The Hall–Kier alpha value is -1.51. The summed E-state index contributed by atoms with van der Waals surface area (Å²) in [5.74, 6) is 0.794. The third-order valence-electron chi connectivity index (χ3n) is 2.74. The minimum Gasteiger partial charge on any atom is -0.476 e. The van der Waals surface area contributed by atoms with Crippen molar-refractivity contribution in [1.82, 2.24) is 0 Å². The van der Waals surface area contributed by atoms with Crippen molar-refractivity contribution in [2.75, 3.05) is 4.90 Å². The third kappa shape index (κ3) is 1.56. The maximum Gasteiger partial charge on any atom is 0.270 e. The summed E-state index contributed by atoms with van der Waals surface area (Å²) in [6, 6.07) is 7.80. The highest BCUT2D eigenvalue weighted by Gasteiger charge is 2.41. The predicted octanol–water partition coefficient (Wildman–Crippen LogP) is 2.60. The average Bonchev–Trinajstić information content (AvgIpc) is 2.18. The van der Waals surface area contributed by atoms with Gasteiger partial charge in [0.25, 0.3) is 5.91 Å². The van der Waals surface area contributed by atoms with Gasteiger partial charge in [0, 0.05) is 6.04 Å². The molecule has 1 heterocycles. The Morgan fingerprint density at radius 3 is 2.50 bits per heavy atom. The molecule has 0 aliphatic carbocycles. The van der Waals surface area contributed by atoms with Crippen LogP contribution in [-0.4, -0.2) is 17.6 Å². The van der Waals surface area contributed by atoms with Gasteiger partial charge < -0.3 is 9.64 Å². The molecule has 0 aromatic heterocycles. The molecule has 3 nitrogen and oxygen atoms in total. The lowest BCUT2D eigenvalue weighted by Crippen LogP contribution is -2.54. The predicted molar refractivity (Wildman–Crippen MR) is 63.8 cm³/mol. The number of nitrogens with zero attached hydrogens (tertiary/aromatic N) is 1. The van der Waals surface area contributed by atoms with E-state index >= 15 is 0 Å². The van der Waals surface area contributed by atoms with E-state index in [1.54, 1.807) is 18.7 Å². The summed E-state index contributed by atoms with van der Waals surface area (Å²) in [6.07, 6.45) is 0. The van der Waals surface area contributed by atoms with E-state index in [9.17, 15) is 4.79 Å². The van der Waals surface area contributed by atoms with Crippen molar-refractivity contribution in [1.29, 1.82) is 0 Å². The highest BCUT2D eigenvalue weighted by Crippen LogP contribution is 2.38. The van der Waals surface area contributed by atoms with Crippen molar-refractivity contribution in [3.63, 3.8) is 0 Å². The second-order valence-electron chi connectivity index (χ2n) is 4.85. The van der Waals surface area contributed by atoms with Gasteiger partial charge in [0.05, 0.1) is 5.69 Å². The fourth-order valence-electron chi connectivity index (χ4n) is 1.97. The molecule has 0 N–H and O–H groups in total. The molecule has 0 saturated heterocycles. The van der Waals surface area contributed by atoms with E-state index in [0.717, 1.165) is 11.4 Å². The molecule has 16 heavy (non-hydrogen) atoms. The molecular formula is C13H17NO2. The van der Waals surface area contributed by atoms with Crippen LogP contribution >= 0.6 is 0 Å². The quantitative estimate of drug-likeness (QED) is 0.726. The summed E-state index contributed by atoms with van der Waals surface area (Å²) >= 11 is 0. The second-order valence-corrected chi connectivity index (χ2v) is 4.85. The molecule has 1 aromatic rings. The Balaban J connectivity index is 2.56. The number of fused-ring (bicyclic) bond motifs is 1. The minimum atomic E-state index is -0.779. The molecule has 0 bridgehead atoms. The molecule has 2 rings (SSSR count). The second kappa shape index (κ2) is 3.51. The number of hydrogen-bond acceptors (Lipinski definition) is 2. The summed E-state index contributed by atoms with van der Waals surface area (Å²) in [7, 11) is 0. The zero-order chi connectivity index (χ0) is 11.9. The van der Waals surface area contributed by atoms with E-state index in [2.05, 4.69) is 0 Å². The molecule has 1 aliphatic rings. The van der Waals surface area contributed by atoms with Crippen LogP contribution in [0.4, 0.5) is 5.69 Å². The number of ether oxygens (including phenoxy) is 1. The van der Waals surface area contributed by atoms with Gasteiger partial charge in [-0.05, 0) is 39.8 Å². The van der Waals surface area contributed by atoms with Crippen LogP contribution in [0.15, 0.2) is 24.3 Å². The van der Waals surface area contributed by atoms with Crippen LogP contribution in [-0.2, 0) is 4.79 Å². The zero-order valence-electron chi connectivity index (χ0n) is 10.2. The van der Waals surface area contributed by atoms with E-state index in [4.69, 9.17) is 4.74 Å². The van der Waals surface area contributed by atoms with Crippen molar-refractivity contribution in [2.24, 2.45) is 0 Å². The lowest BCUT2D eigenvalue weighted by atomic mass is 10.0. The van der Waals surface area contributed by atoms with Crippen LogP contribution < -0.4 is 9.64 Å². The summed E-state index contributed by atoms with van der Waals surface area (Å²) in [5.41, 5.74) is 0.0837. The van der Waals surface area contributed by atoms with Crippen LogP contribution in [0.3, 0.4) is 0 Å². The number of anilines is 1. The number of rotatable bonds is 1. The first kappa shape index (κ1) is 11.0. The van der Waals surface area contributed by atoms with E-state index in [1.165, 1.54) is 0 Å². The molecule has 86 valence electrons. The Labute approximate surface area is 96.0 Å². The number of hydrogen-bond donors (Lipinski definition) is 0. The molecule has 0 fully saturated rings. The van der Waals surface area contributed by atoms with E-state index in [0.29, 0.717) is 0 Å². The highest BCUT2D eigenvalue weighted by molar-refractivity contribution is 6.02. The topological polar surface area (TPSA) is 29.5 Å². The van der Waals surface area contributed by atoms with Crippen molar-refractivity contribution < 1.29 is 9.53 Å². The van der Waals surface area contributed by atoms with Crippen molar-refractivity contribution >= 4 is 11.6 Å². The standard InChI is InChI=1S/C13H17NO2/c1-9(2)14-10-7-5-6-8-11(10)16-13(3,4)12(14)15/h5-9H,1-4H3. The van der Waals surface area contributed by atoms with Crippen LogP contribution in [0.25, 0.3) is 0 Å². The molecule has 3 heteroatoms. The van der Waals surface area contributed by atoms with Crippen molar-refractivity contribution in [3.05, 3.63) is 24.3 Å². The van der Waals surface area contributed by atoms with Gasteiger partial charge in [-0.15, -0.1) is 0 Å². The number of benzene rings is 1. The lowest BCUT2D eigenvalue weighted by Gasteiger charge is -2.40.